The molecule has 0 radical (unpaired) electrons. The van der Waals surface area contributed by atoms with Crippen LogP contribution in [0, 0.1) is 6.92 Å². The lowest BCUT2D eigenvalue weighted by atomic mass is 9.99. The third-order valence-corrected chi connectivity index (χ3v) is 3.42. The molecule has 0 spiro atoms. The van der Waals surface area contributed by atoms with Gasteiger partial charge in [0.2, 0.25) is 0 Å². The van der Waals surface area contributed by atoms with E-state index in [9.17, 15) is 0 Å². The number of aryl methyl sites for hydroxylation is 1. The van der Waals surface area contributed by atoms with Crippen molar-refractivity contribution in [1.29, 1.82) is 0 Å². The second kappa shape index (κ2) is 8.30. The Hall–Kier alpha value is -0.820. The second-order valence-electron chi connectivity index (χ2n) is 4.95. The molecule has 0 amide bonds. The first kappa shape index (κ1) is 14.2. The first-order valence-electron chi connectivity index (χ1n) is 7.01. The van der Waals surface area contributed by atoms with E-state index in [0.717, 1.165) is 0 Å². The average Bonchev–Trinajstić information content (AvgIpc) is 2.35. The minimum absolute atomic E-state index is 0.525. The van der Waals surface area contributed by atoms with Gasteiger partial charge in [-0.05, 0) is 26.0 Å². The van der Waals surface area contributed by atoms with Gasteiger partial charge in [-0.2, -0.15) is 0 Å². The molecule has 0 aromatic heterocycles. The zero-order valence-electron chi connectivity index (χ0n) is 11.6. The Kier molecular flexibility index (Phi) is 6.95. The zero-order chi connectivity index (χ0) is 12.5. The second-order valence-corrected chi connectivity index (χ2v) is 4.95. The van der Waals surface area contributed by atoms with Crippen LogP contribution < -0.4 is 5.32 Å². The highest BCUT2D eigenvalue weighted by molar-refractivity contribution is 5.23. The van der Waals surface area contributed by atoms with Crippen LogP contribution in [-0.4, -0.2) is 7.05 Å². The highest BCUT2D eigenvalue weighted by Gasteiger charge is 2.07. The molecule has 0 saturated carbocycles. The molecule has 17 heavy (non-hydrogen) atoms. The van der Waals surface area contributed by atoms with Crippen LogP contribution in [0.5, 0.6) is 0 Å². The predicted molar refractivity (Wildman–Crippen MR) is 76.4 cm³/mol. The molecule has 0 heterocycles. The molecule has 0 saturated heterocycles. The number of benzene rings is 1. The zero-order valence-corrected chi connectivity index (χ0v) is 11.6. The van der Waals surface area contributed by atoms with Gasteiger partial charge >= 0.3 is 0 Å². The van der Waals surface area contributed by atoms with Gasteiger partial charge < -0.3 is 5.32 Å². The normalized spacial score (nSPS) is 12.6. The van der Waals surface area contributed by atoms with Gasteiger partial charge in [-0.1, -0.05) is 68.9 Å². The first-order valence-corrected chi connectivity index (χ1v) is 7.01. The smallest absolute Gasteiger partial charge is 0.0317 e. The molecule has 96 valence electrons. The molecular weight excluding hydrogens is 206 g/mol. The van der Waals surface area contributed by atoms with Crippen LogP contribution in [0.3, 0.4) is 0 Å². The SMILES string of the molecule is CCCCCCCC(NC)c1ccc(C)cc1. The minimum atomic E-state index is 0.525. The number of hydrogen-bond donors (Lipinski definition) is 1. The Morgan fingerprint density at radius 2 is 1.65 bits per heavy atom. The lowest BCUT2D eigenvalue weighted by Gasteiger charge is -2.16. The van der Waals surface area contributed by atoms with Crippen LogP contribution in [0.2, 0.25) is 0 Å². The van der Waals surface area contributed by atoms with Crippen LogP contribution in [0.25, 0.3) is 0 Å². The molecule has 1 unspecified atom stereocenters. The molecule has 0 fully saturated rings. The predicted octanol–water partition coefficient (Wildman–Crippen LogP) is 4.62. The summed E-state index contributed by atoms with van der Waals surface area (Å²) in [5.41, 5.74) is 2.76. The van der Waals surface area contributed by atoms with Crippen molar-refractivity contribution in [2.45, 2.75) is 58.4 Å². The third kappa shape index (κ3) is 5.36. The summed E-state index contributed by atoms with van der Waals surface area (Å²) in [5, 5.41) is 3.43. The van der Waals surface area contributed by atoms with E-state index in [1.165, 1.54) is 49.7 Å². The summed E-state index contributed by atoms with van der Waals surface area (Å²) >= 11 is 0. The molecule has 0 aliphatic carbocycles. The van der Waals surface area contributed by atoms with Crippen LogP contribution >= 0.6 is 0 Å². The molecule has 1 aromatic carbocycles. The van der Waals surface area contributed by atoms with Crippen LogP contribution in [0.4, 0.5) is 0 Å². The minimum Gasteiger partial charge on any atom is -0.313 e. The number of hydrogen-bond acceptors (Lipinski definition) is 1. The van der Waals surface area contributed by atoms with E-state index in [-0.39, 0.29) is 0 Å². The maximum atomic E-state index is 3.43. The molecule has 1 heteroatoms. The summed E-state index contributed by atoms with van der Waals surface area (Å²) < 4.78 is 0. The van der Waals surface area contributed by atoms with Crippen molar-refractivity contribution in [2.75, 3.05) is 7.05 Å². The van der Waals surface area contributed by atoms with Gasteiger partial charge in [-0.3, -0.25) is 0 Å². The van der Waals surface area contributed by atoms with E-state index >= 15 is 0 Å². The monoisotopic (exact) mass is 233 g/mol. The van der Waals surface area contributed by atoms with E-state index < -0.39 is 0 Å². The Morgan fingerprint density at radius 1 is 1.00 bits per heavy atom. The highest BCUT2D eigenvalue weighted by atomic mass is 14.9. The van der Waals surface area contributed by atoms with E-state index in [1.807, 2.05) is 0 Å². The number of nitrogens with one attached hydrogen (secondary N) is 1. The van der Waals surface area contributed by atoms with E-state index in [0.29, 0.717) is 6.04 Å². The maximum Gasteiger partial charge on any atom is 0.0317 e. The standard InChI is InChI=1S/C16H27N/c1-4-5-6-7-8-9-16(17-3)15-12-10-14(2)11-13-15/h10-13,16-17H,4-9H2,1-3H3. The van der Waals surface area contributed by atoms with E-state index in [2.05, 4.69) is 50.5 Å². The molecule has 0 aliphatic rings. The van der Waals surface area contributed by atoms with Gasteiger partial charge in [-0.25, -0.2) is 0 Å². The molecule has 1 nitrogen and oxygen atoms in total. The molecule has 0 aliphatic heterocycles. The number of unbranched alkanes of at least 4 members (excludes halogenated alkanes) is 4. The maximum absolute atomic E-state index is 3.43. The van der Waals surface area contributed by atoms with E-state index in [4.69, 9.17) is 0 Å². The van der Waals surface area contributed by atoms with Crippen molar-refractivity contribution < 1.29 is 0 Å². The molecule has 1 N–H and O–H groups in total. The summed E-state index contributed by atoms with van der Waals surface area (Å²) in [7, 11) is 2.07. The van der Waals surface area contributed by atoms with Gasteiger partial charge in [0.25, 0.3) is 0 Å². The van der Waals surface area contributed by atoms with Crippen molar-refractivity contribution in [3.05, 3.63) is 35.4 Å². The Bertz CT molecular complexity index is 289. The summed E-state index contributed by atoms with van der Waals surface area (Å²) in [4.78, 5) is 0. The van der Waals surface area contributed by atoms with Crippen molar-refractivity contribution >= 4 is 0 Å². The summed E-state index contributed by atoms with van der Waals surface area (Å²) in [6, 6.07) is 9.44. The van der Waals surface area contributed by atoms with Gasteiger partial charge in [0.1, 0.15) is 0 Å². The van der Waals surface area contributed by atoms with Gasteiger partial charge in [-0.15, -0.1) is 0 Å². The molecule has 1 aromatic rings. The molecular formula is C16H27N. The Labute approximate surface area is 107 Å². The Balaban J connectivity index is 2.35. The average molecular weight is 233 g/mol. The topological polar surface area (TPSA) is 12.0 Å². The fourth-order valence-electron chi connectivity index (χ4n) is 2.23. The van der Waals surface area contributed by atoms with Crippen LogP contribution in [0.1, 0.15) is 62.6 Å². The summed E-state index contributed by atoms with van der Waals surface area (Å²) in [6.45, 7) is 4.41. The first-order chi connectivity index (χ1) is 8.27. The van der Waals surface area contributed by atoms with Crippen molar-refractivity contribution in [2.24, 2.45) is 0 Å². The molecule has 1 atom stereocenters. The Morgan fingerprint density at radius 3 is 2.24 bits per heavy atom. The number of rotatable bonds is 8. The van der Waals surface area contributed by atoms with Crippen molar-refractivity contribution in [3.63, 3.8) is 0 Å². The van der Waals surface area contributed by atoms with E-state index in [1.54, 1.807) is 0 Å². The van der Waals surface area contributed by atoms with Crippen LogP contribution in [-0.2, 0) is 0 Å². The largest absolute Gasteiger partial charge is 0.313 e. The molecule has 0 bridgehead atoms. The van der Waals surface area contributed by atoms with Crippen molar-refractivity contribution in [3.8, 4) is 0 Å². The fraction of sp³-hybridized carbons (Fsp3) is 0.625. The van der Waals surface area contributed by atoms with Crippen LogP contribution in [0.15, 0.2) is 24.3 Å². The van der Waals surface area contributed by atoms with Gasteiger partial charge in [0, 0.05) is 6.04 Å². The fourth-order valence-corrected chi connectivity index (χ4v) is 2.23. The molecule has 1 rings (SSSR count). The third-order valence-electron chi connectivity index (χ3n) is 3.42. The summed E-state index contributed by atoms with van der Waals surface area (Å²) in [6.07, 6.45) is 8.06. The van der Waals surface area contributed by atoms with Gasteiger partial charge in [0.15, 0.2) is 0 Å². The summed E-state index contributed by atoms with van der Waals surface area (Å²) in [5.74, 6) is 0. The quantitative estimate of drug-likeness (QED) is 0.646. The lowest BCUT2D eigenvalue weighted by molar-refractivity contribution is 0.501. The lowest BCUT2D eigenvalue weighted by Crippen LogP contribution is -2.16. The van der Waals surface area contributed by atoms with Gasteiger partial charge in [0.05, 0.1) is 0 Å². The highest BCUT2D eigenvalue weighted by Crippen LogP contribution is 2.20. The van der Waals surface area contributed by atoms with Crippen molar-refractivity contribution in [1.82, 2.24) is 5.32 Å².